The lowest BCUT2D eigenvalue weighted by Crippen LogP contribution is -2.57. The number of imidazole rings is 1. The molecule has 41 heavy (non-hydrogen) atoms. The van der Waals surface area contributed by atoms with Crippen LogP contribution in [-0.4, -0.2) is 63.4 Å². The number of fused-ring (bicyclic) bond motifs is 1. The van der Waals surface area contributed by atoms with Gasteiger partial charge in [0.25, 0.3) is 5.91 Å². The number of H-pyrrole nitrogens is 1. The van der Waals surface area contributed by atoms with Gasteiger partial charge >= 0.3 is 6.09 Å². The second kappa shape index (κ2) is 12.2. The number of piperidine rings is 1. The Morgan fingerprint density at radius 1 is 1.12 bits per heavy atom. The van der Waals surface area contributed by atoms with Crippen molar-refractivity contribution in [2.24, 2.45) is 5.73 Å². The van der Waals surface area contributed by atoms with Gasteiger partial charge in [0.2, 0.25) is 0 Å². The van der Waals surface area contributed by atoms with E-state index in [9.17, 15) is 9.59 Å². The molecule has 5 rings (SSSR count). The largest absolute Gasteiger partial charge is 0.427 e. The molecule has 1 aliphatic heterocycles. The molecule has 10 nitrogen and oxygen atoms in total. The molecule has 0 aliphatic carbocycles. The molecule has 3 aromatic carbocycles. The molecule has 0 radical (unpaired) electrons. The van der Waals surface area contributed by atoms with E-state index in [1.807, 2.05) is 84.5 Å². The number of hydrogen-bond acceptors (Lipinski definition) is 6. The highest BCUT2D eigenvalue weighted by Crippen LogP contribution is 2.25. The smallest absolute Gasteiger partial charge is 0.409 e. The van der Waals surface area contributed by atoms with Gasteiger partial charge in [0.15, 0.2) is 0 Å². The van der Waals surface area contributed by atoms with Gasteiger partial charge in [0, 0.05) is 42.9 Å². The van der Waals surface area contributed by atoms with Crippen molar-refractivity contribution in [1.29, 1.82) is 5.41 Å². The van der Waals surface area contributed by atoms with Gasteiger partial charge in [0.1, 0.15) is 17.4 Å². The molecule has 0 bridgehead atoms. The summed E-state index contributed by atoms with van der Waals surface area (Å²) in [7, 11) is 1.85. The molecule has 5 N–H and O–H groups in total. The lowest BCUT2D eigenvalue weighted by Gasteiger charge is -2.42. The molecule has 10 heteroatoms. The number of nitrogens with two attached hydrogens (primary N) is 1. The van der Waals surface area contributed by atoms with Gasteiger partial charge in [-0.25, -0.2) is 14.8 Å². The van der Waals surface area contributed by atoms with E-state index in [-0.39, 0.29) is 23.8 Å². The second-order valence-electron chi connectivity index (χ2n) is 10.5. The number of ether oxygens (including phenoxy) is 1. The van der Waals surface area contributed by atoms with Crippen LogP contribution in [-0.2, 0) is 6.42 Å². The van der Waals surface area contributed by atoms with E-state index in [4.69, 9.17) is 15.9 Å². The van der Waals surface area contributed by atoms with Crippen LogP contribution in [0.4, 0.5) is 4.79 Å². The summed E-state index contributed by atoms with van der Waals surface area (Å²) in [6.07, 6.45) is 2.35. The van der Waals surface area contributed by atoms with Crippen molar-refractivity contribution in [1.82, 2.24) is 25.3 Å². The standard InChI is InChI=1S/C31H35N7O3/c1-20-34-27-15-14-26(19-28(27)35-20)41-31(40)36-38-17-16-24(37(2)30(39)23-6-4-3-5-7-23)18-25(38)13-10-21-8-11-22(12-9-21)29(32)33/h3-9,11-12,14-15,19,24-25H,10,13,16-18H2,1-2H3,(H3,32,33)(H,34,35)(H,36,40). The maximum atomic E-state index is 13.2. The highest BCUT2D eigenvalue weighted by Gasteiger charge is 2.33. The lowest BCUT2D eigenvalue weighted by atomic mass is 9.92. The number of carbonyl (C=O) groups excluding carboxylic acids is 2. The summed E-state index contributed by atoms with van der Waals surface area (Å²) in [4.78, 5) is 35.5. The summed E-state index contributed by atoms with van der Waals surface area (Å²) in [5, 5.41) is 9.56. The minimum Gasteiger partial charge on any atom is -0.409 e. The number of amides is 2. The SMILES string of the molecule is Cc1nc2ccc(OC(=O)NN3CCC(N(C)C(=O)c4ccccc4)CC3CCc3ccc(C(=N)N)cc3)cc2[nH]1. The van der Waals surface area contributed by atoms with Crippen LogP contribution < -0.4 is 15.9 Å². The zero-order valence-electron chi connectivity index (χ0n) is 23.3. The van der Waals surface area contributed by atoms with Gasteiger partial charge in [-0.2, -0.15) is 0 Å². The number of benzene rings is 3. The summed E-state index contributed by atoms with van der Waals surface area (Å²) in [5.41, 5.74) is 12.6. The monoisotopic (exact) mass is 553 g/mol. The van der Waals surface area contributed by atoms with Gasteiger partial charge in [-0.1, -0.05) is 42.5 Å². The van der Waals surface area contributed by atoms with Gasteiger partial charge in [0.05, 0.1) is 11.0 Å². The third-order valence-corrected chi connectivity index (χ3v) is 7.63. The topological polar surface area (TPSA) is 140 Å². The molecular formula is C31H35N7O3. The number of aryl methyl sites for hydroxylation is 2. The van der Waals surface area contributed by atoms with Crippen LogP contribution in [0.3, 0.4) is 0 Å². The summed E-state index contributed by atoms with van der Waals surface area (Å²) < 4.78 is 5.62. The fraction of sp³-hybridized carbons (Fsp3) is 0.290. The first-order chi connectivity index (χ1) is 19.8. The van der Waals surface area contributed by atoms with Gasteiger partial charge < -0.3 is 20.4 Å². The van der Waals surface area contributed by atoms with Gasteiger partial charge in [-0.3, -0.25) is 15.6 Å². The molecule has 4 aromatic rings. The van der Waals surface area contributed by atoms with Crippen LogP contribution in [0.25, 0.3) is 11.0 Å². The molecule has 1 fully saturated rings. The predicted molar refractivity (Wildman–Crippen MR) is 158 cm³/mol. The van der Waals surface area contributed by atoms with E-state index >= 15 is 0 Å². The lowest BCUT2D eigenvalue weighted by molar-refractivity contribution is 0.0324. The molecule has 1 saturated heterocycles. The summed E-state index contributed by atoms with van der Waals surface area (Å²) in [6, 6.07) is 22.2. The number of nitrogen functional groups attached to an aromatic ring is 1. The van der Waals surface area contributed by atoms with Crippen molar-refractivity contribution in [2.75, 3.05) is 13.6 Å². The number of amidine groups is 1. The first kappa shape index (κ1) is 27.9. The third kappa shape index (κ3) is 6.72. The Kier molecular flexibility index (Phi) is 8.30. The zero-order chi connectivity index (χ0) is 28.9. The molecule has 212 valence electrons. The minimum absolute atomic E-state index is 0.0144. The second-order valence-corrected chi connectivity index (χ2v) is 10.5. The Morgan fingerprint density at radius 2 is 1.88 bits per heavy atom. The van der Waals surface area contributed by atoms with Gasteiger partial charge in [-0.05, 0) is 62.4 Å². The number of aromatic nitrogens is 2. The fourth-order valence-electron chi connectivity index (χ4n) is 5.36. The number of nitrogens with zero attached hydrogens (tertiary/aromatic N) is 3. The Balaban J connectivity index is 1.27. The molecule has 1 aromatic heterocycles. The maximum Gasteiger partial charge on any atom is 0.427 e. The average molecular weight is 554 g/mol. The van der Waals surface area contributed by atoms with Crippen molar-refractivity contribution in [2.45, 2.75) is 44.7 Å². The molecule has 0 spiro atoms. The molecule has 2 heterocycles. The number of hydrogen-bond donors (Lipinski definition) is 4. The minimum atomic E-state index is -0.566. The van der Waals surface area contributed by atoms with E-state index in [1.54, 1.807) is 12.1 Å². The Bertz CT molecular complexity index is 1530. The average Bonchev–Trinajstić information content (AvgIpc) is 3.35. The van der Waals surface area contributed by atoms with Crippen LogP contribution in [0, 0.1) is 12.3 Å². The van der Waals surface area contributed by atoms with Crippen LogP contribution in [0.15, 0.2) is 72.8 Å². The van der Waals surface area contributed by atoms with Crippen molar-refractivity contribution in [3.63, 3.8) is 0 Å². The summed E-state index contributed by atoms with van der Waals surface area (Å²) in [5.74, 6) is 1.23. The van der Waals surface area contributed by atoms with Crippen LogP contribution in [0.1, 0.15) is 46.6 Å². The highest BCUT2D eigenvalue weighted by atomic mass is 16.6. The normalized spacial score (nSPS) is 17.2. The van der Waals surface area contributed by atoms with Crippen molar-refractivity contribution >= 4 is 28.9 Å². The Labute approximate surface area is 239 Å². The number of carbonyl (C=O) groups is 2. The molecule has 2 unspecified atom stereocenters. The summed E-state index contributed by atoms with van der Waals surface area (Å²) in [6.45, 7) is 2.44. The van der Waals surface area contributed by atoms with E-state index in [0.717, 1.165) is 35.3 Å². The third-order valence-electron chi connectivity index (χ3n) is 7.63. The predicted octanol–water partition coefficient (Wildman–Crippen LogP) is 4.40. The van der Waals surface area contributed by atoms with Crippen LogP contribution in [0.5, 0.6) is 5.75 Å². The Morgan fingerprint density at radius 3 is 2.61 bits per heavy atom. The van der Waals surface area contributed by atoms with E-state index in [1.165, 1.54) is 0 Å². The number of rotatable bonds is 8. The molecule has 0 saturated carbocycles. The zero-order valence-corrected chi connectivity index (χ0v) is 23.3. The summed E-state index contributed by atoms with van der Waals surface area (Å²) >= 11 is 0. The van der Waals surface area contributed by atoms with Crippen LogP contribution in [0.2, 0.25) is 0 Å². The van der Waals surface area contributed by atoms with Crippen molar-refractivity contribution in [3.05, 3.63) is 95.3 Å². The van der Waals surface area contributed by atoms with Crippen molar-refractivity contribution in [3.8, 4) is 5.75 Å². The molecule has 1 aliphatic rings. The molecule has 2 amide bonds. The molecular weight excluding hydrogens is 518 g/mol. The highest BCUT2D eigenvalue weighted by molar-refractivity contribution is 5.95. The van der Waals surface area contributed by atoms with Crippen molar-refractivity contribution < 1.29 is 14.3 Å². The fourth-order valence-corrected chi connectivity index (χ4v) is 5.36. The van der Waals surface area contributed by atoms with E-state index < -0.39 is 6.09 Å². The van der Waals surface area contributed by atoms with E-state index in [0.29, 0.717) is 36.3 Å². The first-order valence-corrected chi connectivity index (χ1v) is 13.7. The van der Waals surface area contributed by atoms with Crippen LogP contribution >= 0.6 is 0 Å². The maximum absolute atomic E-state index is 13.2. The van der Waals surface area contributed by atoms with Gasteiger partial charge in [-0.15, -0.1) is 0 Å². The number of nitrogens with one attached hydrogen (secondary N) is 3. The van der Waals surface area contributed by atoms with E-state index in [2.05, 4.69) is 15.4 Å². The quantitative estimate of drug-likeness (QED) is 0.188. The first-order valence-electron chi connectivity index (χ1n) is 13.7. The molecule has 2 atom stereocenters. The Hall–Kier alpha value is -4.70. The number of aromatic amines is 1. The number of hydrazine groups is 1.